The first kappa shape index (κ1) is 12.6. The van der Waals surface area contributed by atoms with Crippen molar-refractivity contribution < 1.29 is 14.4 Å². The largest absolute Gasteiger partial charge is 0.351 e. The molecule has 3 amide bonds. The standard InChI is InChI=1S/C10H17N3O3/c1-6-5-13(4-3-8(6)14)7(2)9(15)12-10(11)16/h6-7H,3-5H2,1-2H3,(H3,11,12,15,16). The van der Waals surface area contributed by atoms with E-state index in [-0.39, 0.29) is 11.7 Å². The molecule has 0 saturated carbocycles. The maximum absolute atomic E-state index is 11.5. The van der Waals surface area contributed by atoms with Crippen molar-refractivity contribution in [3.63, 3.8) is 0 Å². The Morgan fingerprint density at radius 3 is 2.69 bits per heavy atom. The van der Waals surface area contributed by atoms with Crippen molar-refractivity contribution in [2.24, 2.45) is 11.7 Å². The van der Waals surface area contributed by atoms with Crippen LogP contribution in [-0.2, 0) is 9.59 Å². The summed E-state index contributed by atoms with van der Waals surface area (Å²) in [7, 11) is 0. The van der Waals surface area contributed by atoms with E-state index in [2.05, 4.69) is 0 Å². The van der Waals surface area contributed by atoms with Crippen molar-refractivity contribution in [3.8, 4) is 0 Å². The number of nitrogens with zero attached hydrogens (tertiary/aromatic N) is 1. The Hall–Kier alpha value is -1.43. The van der Waals surface area contributed by atoms with E-state index in [0.717, 1.165) is 0 Å². The maximum Gasteiger partial charge on any atom is 0.318 e. The van der Waals surface area contributed by atoms with Crippen LogP contribution in [0.1, 0.15) is 20.3 Å². The lowest BCUT2D eigenvalue weighted by atomic mass is 9.97. The second-order valence-corrected chi connectivity index (χ2v) is 4.14. The monoisotopic (exact) mass is 227 g/mol. The summed E-state index contributed by atoms with van der Waals surface area (Å²) in [6.07, 6.45) is 0.454. The lowest BCUT2D eigenvalue weighted by Gasteiger charge is -2.33. The highest BCUT2D eigenvalue weighted by Crippen LogP contribution is 2.14. The van der Waals surface area contributed by atoms with Gasteiger partial charge in [-0.05, 0) is 6.92 Å². The fourth-order valence-corrected chi connectivity index (χ4v) is 1.79. The first-order valence-corrected chi connectivity index (χ1v) is 5.29. The number of primary amides is 1. The van der Waals surface area contributed by atoms with Crippen LogP contribution in [-0.4, -0.2) is 41.8 Å². The minimum Gasteiger partial charge on any atom is -0.351 e. The molecule has 0 spiro atoms. The van der Waals surface area contributed by atoms with E-state index >= 15 is 0 Å². The summed E-state index contributed by atoms with van der Waals surface area (Å²) in [5, 5.41) is 2.04. The fraction of sp³-hybridized carbons (Fsp3) is 0.700. The van der Waals surface area contributed by atoms with Gasteiger partial charge in [0, 0.05) is 25.4 Å². The van der Waals surface area contributed by atoms with Crippen molar-refractivity contribution >= 4 is 17.7 Å². The summed E-state index contributed by atoms with van der Waals surface area (Å²) in [6.45, 7) is 4.64. The Bertz CT molecular complexity index is 316. The van der Waals surface area contributed by atoms with E-state index < -0.39 is 18.0 Å². The predicted molar refractivity (Wildman–Crippen MR) is 57.5 cm³/mol. The van der Waals surface area contributed by atoms with Crippen LogP contribution >= 0.6 is 0 Å². The third-order valence-corrected chi connectivity index (χ3v) is 2.88. The molecule has 90 valence electrons. The van der Waals surface area contributed by atoms with Gasteiger partial charge in [0.2, 0.25) is 5.91 Å². The quantitative estimate of drug-likeness (QED) is 0.664. The second kappa shape index (κ2) is 5.07. The number of likely N-dealkylation sites (tertiary alicyclic amines) is 1. The highest BCUT2D eigenvalue weighted by molar-refractivity contribution is 5.96. The van der Waals surface area contributed by atoms with Gasteiger partial charge in [-0.3, -0.25) is 19.8 Å². The molecule has 2 atom stereocenters. The maximum atomic E-state index is 11.5. The normalized spacial score (nSPS) is 23.9. The summed E-state index contributed by atoms with van der Waals surface area (Å²) < 4.78 is 0. The van der Waals surface area contributed by atoms with Gasteiger partial charge in [0.15, 0.2) is 0 Å². The van der Waals surface area contributed by atoms with Gasteiger partial charge >= 0.3 is 6.03 Å². The van der Waals surface area contributed by atoms with Gasteiger partial charge in [-0.1, -0.05) is 6.92 Å². The molecule has 0 aromatic heterocycles. The average molecular weight is 227 g/mol. The van der Waals surface area contributed by atoms with Crippen LogP contribution in [0, 0.1) is 5.92 Å². The number of rotatable bonds is 2. The number of ketones is 1. The molecule has 0 bridgehead atoms. The van der Waals surface area contributed by atoms with Crippen molar-refractivity contribution in [2.75, 3.05) is 13.1 Å². The first-order chi connectivity index (χ1) is 7.41. The molecule has 2 unspecified atom stereocenters. The molecule has 1 aliphatic rings. The summed E-state index contributed by atoms with van der Waals surface area (Å²) in [5.41, 5.74) is 4.87. The summed E-state index contributed by atoms with van der Waals surface area (Å²) in [4.78, 5) is 35.2. The minimum absolute atomic E-state index is 0.0578. The Morgan fingerprint density at radius 1 is 1.56 bits per heavy atom. The van der Waals surface area contributed by atoms with E-state index in [1.165, 1.54) is 0 Å². The van der Waals surface area contributed by atoms with Crippen LogP contribution in [0.15, 0.2) is 0 Å². The van der Waals surface area contributed by atoms with Crippen LogP contribution in [0.5, 0.6) is 0 Å². The number of carbonyl (C=O) groups is 3. The molecule has 6 heteroatoms. The molecule has 1 rings (SSSR count). The van der Waals surface area contributed by atoms with Gasteiger partial charge < -0.3 is 5.73 Å². The number of nitrogens with one attached hydrogen (secondary N) is 1. The van der Waals surface area contributed by atoms with Crippen LogP contribution < -0.4 is 11.1 Å². The molecule has 1 saturated heterocycles. The van der Waals surface area contributed by atoms with Gasteiger partial charge in [0.25, 0.3) is 0 Å². The van der Waals surface area contributed by atoms with E-state index in [4.69, 9.17) is 5.73 Å². The van der Waals surface area contributed by atoms with Gasteiger partial charge in [0.1, 0.15) is 5.78 Å². The number of hydrogen-bond donors (Lipinski definition) is 2. The van der Waals surface area contributed by atoms with E-state index in [0.29, 0.717) is 19.5 Å². The Morgan fingerprint density at radius 2 is 2.19 bits per heavy atom. The zero-order valence-corrected chi connectivity index (χ0v) is 9.53. The Balaban J connectivity index is 2.54. The third kappa shape index (κ3) is 3.03. The second-order valence-electron chi connectivity index (χ2n) is 4.14. The van der Waals surface area contributed by atoms with Crippen molar-refractivity contribution in [3.05, 3.63) is 0 Å². The molecular weight excluding hydrogens is 210 g/mol. The molecule has 6 nitrogen and oxygen atoms in total. The molecule has 0 aromatic rings. The summed E-state index contributed by atoms with van der Waals surface area (Å²) in [5.74, 6) is -0.259. The number of amides is 3. The van der Waals surface area contributed by atoms with Crippen molar-refractivity contribution in [1.29, 1.82) is 0 Å². The highest BCUT2D eigenvalue weighted by atomic mass is 16.2. The number of nitrogens with two attached hydrogens (primary N) is 1. The molecule has 1 fully saturated rings. The number of urea groups is 1. The average Bonchev–Trinajstić information content (AvgIpc) is 2.20. The smallest absolute Gasteiger partial charge is 0.318 e. The number of hydrogen-bond acceptors (Lipinski definition) is 4. The predicted octanol–water partition coefficient (Wildman–Crippen LogP) is -0.519. The Labute approximate surface area is 94.2 Å². The van der Waals surface area contributed by atoms with Gasteiger partial charge in [0.05, 0.1) is 6.04 Å². The van der Waals surface area contributed by atoms with Crippen LogP contribution in [0.25, 0.3) is 0 Å². The zero-order chi connectivity index (χ0) is 12.3. The number of Topliss-reactive ketones (excluding diaryl/α,β-unsaturated/α-hetero) is 1. The molecule has 1 heterocycles. The van der Waals surface area contributed by atoms with E-state index in [1.54, 1.807) is 6.92 Å². The highest BCUT2D eigenvalue weighted by Gasteiger charge is 2.29. The molecule has 0 radical (unpaired) electrons. The van der Waals surface area contributed by atoms with E-state index in [9.17, 15) is 14.4 Å². The fourth-order valence-electron chi connectivity index (χ4n) is 1.79. The Kier molecular flexibility index (Phi) is 4.00. The van der Waals surface area contributed by atoms with Crippen molar-refractivity contribution in [1.82, 2.24) is 10.2 Å². The van der Waals surface area contributed by atoms with E-state index in [1.807, 2.05) is 17.1 Å². The summed E-state index contributed by atoms with van der Waals surface area (Å²) in [6, 6.07) is -1.29. The van der Waals surface area contributed by atoms with Gasteiger partial charge in [-0.15, -0.1) is 0 Å². The molecule has 3 N–H and O–H groups in total. The molecular formula is C10H17N3O3. The third-order valence-electron chi connectivity index (χ3n) is 2.88. The summed E-state index contributed by atoms with van der Waals surface area (Å²) >= 11 is 0. The van der Waals surface area contributed by atoms with Crippen molar-refractivity contribution in [2.45, 2.75) is 26.3 Å². The number of imide groups is 1. The lowest BCUT2D eigenvalue weighted by Crippen LogP contribution is -2.52. The SMILES string of the molecule is CC1CN(C(C)C(=O)NC(N)=O)CCC1=O. The first-order valence-electron chi connectivity index (χ1n) is 5.29. The van der Waals surface area contributed by atoms with Crippen LogP contribution in [0.2, 0.25) is 0 Å². The molecule has 16 heavy (non-hydrogen) atoms. The van der Waals surface area contributed by atoms with Gasteiger partial charge in [-0.2, -0.15) is 0 Å². The number of carbonyl (C=O) groups excluding carboxylic acids is 3. The lowest BCUT2D eigenvalue weighted by molar-refractivity contribution is -0.131. The molecule has 0 aromatic carbocycles. The molecule has 1 aliphatic heterocycles. The molecule has 0 aliphatic carbocycles. The van der Waals surface area contributed by atoms with Crippen LogP contribution in [0.3, 0.4) is 0 Å². The topological polar surface area (TPSA) is 92.5 Å². The minimum atomic E-state index is -0.849. The zero-order valence-electron chi connectivity index (χ0n) is 9.53. The van der Waals surface area contributed by atoms with Crippen LogP contribution in [0.4, 0.5) is 4.79 Å². The number of piperidine rings is 1. The van der Waals surface area contributed by atoms with Gasteiger partial charge in [-0.25, -0.2) is 4.79 Å².